The van der Waals surface area contributed by atoms with Gasteiger partial charge < -0.3 is 24.7 Å². The van der Waals surface area contributed by atoms with Gasteiger partial charge >= 0.3 is 6.09 Å². The van der Waals surface area contributed by atoms with E-state index < -0.39 is 0 Å². The summed E-state index contributed by atoms with van der Waals surface area (Å²) >= 11 is 0. The number of nitrogens with zero attached hydrogens (tertiary/aromatic N) is 2. The molecule has 1 aromatic rings. The number of amides is 2. The standard InChI is InChI=1S/C16H22N2O5/c1-11(2)10-23-16(22)18-5-3-17(4-6-18)15(21)12-7-13(19)9-14(20)8-12/h7-9,11,19-20H,3-6,10H2,1-2H3. The van der Waals surface area contributed by atoms with E-state index in [0.717, 1.165) is 0 Å². The Morgan fingerprint density at radius 1 is 1.04 bits per heavy atom. The van der Waals surface area contributed by atoms with Crippen molar-refractivity contribution in [2.75, 3.05) is 32.8 Å². The molecule has 1 aromatic carbocycles. The first-order chi connectivity index (χ1) is 10.9. The smallest absolute Gasteiger partial charge is 0.409 e. The zero-order valence-corrected chi connectivity index (χ0v) is 13.4. The van der Waals surface area contributed by atoms with Crippen molar-refractivity contribution < 1.29 is 24.5 Å². The topological polar surface area (TPSA) is 90.3 Å². The summed E-state index contributed by atoms with van der Waals surface area (Å²) in [5, 5.41) is 18.9. The van der Waals surface area contributed by atoms with E-state index in [1.54, 1.807) is 9.80 Å². The molecule has 0 spiro atoms. The molecule has 0 bridgehead atoms. The van der Waals surface area contributed by atoms with E-state index in [0.29, 0.717) is 32.8 Å². The van der Waals surface area contributed by atoms with Crippen LogP contribution in [0.25, 0.3) is 0 Å². The Bertz CT molecular complexity index is 560. The molecule has 0 saturated carbocycles. The van der Waals surface area contributed by atoms with Crippen LogP contribution in [0, 0.1) is 5.92 Å². The van der Waals surface area contributed by atoms with Crippen LogP contribution in [0.4, 0.5) is 4.79 Å². The molecule has 1 aliphatic rings. The van der Waals surface area contributed by atoms with Gasteiger partial charge in [-0.15, -0.1) is 0 Å². The summed E-state index contributed by atoms with van der Waals surface area (Å²) < 4.78 is 5.17. The van der Waals surface area contributed by atoms with Gasteiger partial charge in [-0.05, 0) is 18.1 Å². The lowest BCUT2D eigenvalue weighted by molar-refractivity contribution is 0.0535. The zero-order chi connectivity index (χ0) is 17.0. The molecular weight excluding hydrogens is 300 g/mol. The van der Waals surface area contributed by atoms with Gasteiger partial charge in [0.1, 0.15) is 11.5 Å². The summed E-state index contributed by atoms with van der Waals surface area (Å²) in [5.74, 6) is -0.333. The molecule has 2 rings (SSSR count). The van der Waals surface area contributed by atoms with Gasteiger partial charge in [0.15, 0.2) is 0 Å². The molecule has 1 aliphatic heterocycles. The van der Waals surface area contributed by atoms with E-state index in [4.69, 9.17) is 4.74 Å². The minimum Gasteiger partial charge on any atom is -0.508 e. The molecule has 2 N–H and O–H groups in total. The number of benzene rings is 1. The first kappa shape index (κ1) is 16.9. The Morgan fingerprint density at radius 3 is 2.09 bits per heavy atom. The summed E-state index contributed by atoms with van der Waals surface area (Å²) in [5.41, 5.74) is 0.221. The molecule has 1 saturated heterocycles. The molecule has 0 radical (unpaired) electrons. The second-order valence-corrected chi connectivity index (χ2v) is 5.99. The summed E-state index contributed by atoms with van der Waals surface area (Å²) in [4.78, 5) is 27.4. The molecule has 0 atom stereocenters. The van der Waals surface area contributed by atoms with E-state index in [1.165, 1.54) is 18.2 Å². The lowest BCUT2D eigenvalue weighted by Crippen LogP contribution is -2.50. The second-order valence-electron chi connectivity index (χ2n) is 5.99. The lowest BCUT2D eigenvalue weighted by atomic mass is 10.1. The molecule has 0 aromatic heterocycles. The van der Waals surface area contributed by atoms with Gasteiger partial charge in [-0.2, -0.15) is 0 Å². The number of carbonyl (C=O) groups is 2. The van der Waals surface area contributed by atoms with Crippen LogP contribution in [-0.2, 0) is 4.74 Å². The van der Waals surface area contributed by atoms with E-state index in [-0.39, 0.29) is 35.0 Å². The van der Waals surface area contributed by atoms with Gasteiger partial charge in [0, 0.05) is 37.8 Å². The molecule has 2 amide bonds. The number of phenolic OH excluding ortho intramolecular Hbond substituents is 2. The van der Waals surface area contributed by atoms with E-state index in [2.05, 4.69) is 0 Å². The van der Waals surface area contributed by atoms with Crippen molar-refractivity contribution in [3.05, 3.63) is 23.8 Å². The number of aromatic hydroxyl groups is 2. The summed E-state index contributed by atoms with van der Waals surface area (Å²) in [6.45, 7) is 5.86. The van der Waals surface area contributed by atoms with E-state index >= 15 is 0 Å². The first-order valence-electron chi connectivity index (χ1n) is 7.61. The highest BCUT2D eigenvalue weighted by atomic mass is 16.6. The molecule has 0 aliphatic carbocycles. The number of piperazine rings is 1. The Labute approximate surface area is 135 Å². The number of phenols is 2. The van der Waals surface area contributed by atoms with Crippen LogP contribution in [-0.4, -0.2) is 64.8 Å². The highest BCUT2D eigenvalue weighted by Crippen LogP contribution is 2.22. The van der Waals surface area contributed by atoms with E-state index in [1.807, 2.05) is 13.8 Å². The van der Waals surface area contributed by atoms with Crippen LogP contribution >= 0.6 is 0 Å². The molecule has 23 heavy (non-hydrogen) atoms. The van der Waals surface area contributed by atoms with Crippen molar-refractivity contribution in [2.24, 2.45) is 5.92 Å². The molecule has 7 nitrogen and oxygen atoms in total. The highest BCUT2D eigenvalue weighted by molar-refractivity contribution is 5.95. The lowest BCUT2D eigenvalue weighted by Gasteiger charge is -2.34. The van der Waals surface area contributed by atoms with Crippen LogP contribution in [0.1, 0.15) is 24.2 Å². The van der Waals surface area contributed by atoms with Gasteiger partial charge in [0.25, 0.3) is 5.91 Å². The normalized spacial score (nSPS) is 14.9. The third kappa shape index (κ3) is 4.51. The maximum atomic E-state index is 12.4. The quantitative estimate of drug-likeness (QED) is 0.883. The predicted molar refractivity (Wildman–Crippen MR) is 83.4 cm³/mol. The Hall–Kier alpha value is -2.44. The monoisotopic (exact) mass is 322 g/mol. The summed E-state index contributed by atoms with van der Waals surface area (Å²) in [7, 11) is 0. The number of ether oxygens (including phenoxy) is 1. The maximum Gasteiger partial charge on any atom is 0.409 e. The Balaban J connectivity index is 1.91. The highest BCUT2D eigenvalue weighted by Gasteiger charge is 2.26. The molecular formula is C16H22N2O5. The third-order valence-corrected chi connectivity index (χ3v) is 3.51. The minimum absolute atomic E-state index is 0.163. The fraction of sp³-hybridized carbons (Fsp3) is 0.500. The van der Waals surface area contributed by atoms with Crippen molar-refractivity contribution in [1.29, 1.82) is 0 Å². The number of hydrogen-bond donors (Lipinski definition) is 2. The van der Waals surface area contributed by atoms with Gasteiger partial charge in [-0.3, -0.25) is 4.79 Å². The molecule has 7 heteroatoms. The van der Waals surface area contributed by atoms with Crippen LogP contribution in [0.3, 0.4) is 0 Å². The maximum absolute atomic E-state index is 12.4. The zero-order valence-electron chi connectivity index (χ0n) is 13.4. The number of rotatable bonds is 3. The summed E-state index contributed by atoms with van der Waals surface area (Å²) in [6, 6.07) is 3.79. The molecule has 126 valence electrons. The van der Waals surface area contributed by atoms with Crippen molar-refractivity contribution in [3.8, 4) is 11.5 Å². The van der Waals surface area contributed by atoms with Crippen LogP contribution in [0.15, 0.2) is 18.2 Å². The fourth-order valence-corrected chi connectivity index (χ4v) is 2.32. The molecule has 0 unspecified atom stereocenters. The van der Waals surface area contributed by atoms with Crippen molar-refractivity contribution >= 4 is 12.0 Å². The largest absolute Gasteiger partial charge is 0.508 e. The fourth-order valence-electron chi connectivity index (χ4n) is 2.32. The Kier molecular flexibility index (Phi) is 5.31. The van der Waals surface area contributed by atoms with Crippen LogP contribution in [0.2, 0.25) is 0 Å². The van der Waals surface area contributed by atoms with Gasteiger partial charge in [0.2, 0.25) is 0 Å². The van der Waals surface area contributed by atoms with Crippen molar-refractivity contribution in [1.82, 2.24) is 9.80 Å². The van der Waals surface area contributed by atoms with Crippen LogP contribution in [0.5, 0.6) is 11.5 Å². The SMILES string of the molecule is CC(C)COC(=O)N1CCN(C(=O)c2cc(O)cc(O)c2)CC1. The van der Waals surface area contributed by atoms with Crippen molar-refractivity contribution in [3.63, 3.8) is 0 Å². The number of carbonyl (C=O) groups excluding carboxylic acids is 2. The summed E-state index contributed by atoms with van der Waals surface area (Å²) in [6.07, 6.45) is -0.360. The average molecular weight is 322 g/mol. The predicted octanol–water partition coefficient (Wildman–Crippen LogP) is 1.65. The van der Waals surface area contributed by atoms with Crippen LogP contribution < -0.4 is 0 Å². The molecule has 1 fully saturated rings. The third-order valence-electron chi connectivity index (χ3n) is 3.51. The minimum atomic E-state index is -0.360. The second kappa shape index (κ2) is 7.21. The van der Waals surface area contributed by atoms with Gasteiger partial charge in [0.05, 0.1) is 6.61 Å². The van der Waals surface area contributed by atoms with Gasteiger partial charge in [-0.1, -0.05) is 13.8 Å². The van der Waals surface area contributed by atoms with Crippen molar-refractivity contribution in [2.45, 2.75) is 13.8 Å². The molecule has 1 heterocycles. The number of hydrogen-bond acceptors (Lipinski definition) is 5. The average Bonchev–Trinajstić information content (AvgIpc) is 2.51. The Morgan fingerprint density at radius 2 is 1.57 bits per heavy atom. The first-order valence-corrected chi connectivity index (χ1v) is 7.61. The van der Waals surface area contributed by atoms with Gasteiger partial charge in [-0.25, -0.2) is 4.79 Å². The van der Waals surface area contributed by atoms with E-state index in [9.17, 15) is 19.8 Å².